The number of alkyl halides is 1. The molecule has 1 amide bonds. The van der Waals surface area contributed by atoms with E-state index in [1.807, 2.05) is 10.9 Å². The summed E-state index contributed by atoms with van der Waals surface area (Å²) in [4.78, 5) is 17.0. The van der Waals surface area contributed by atoms with E-state index < -0.39 is 11.6 Å². The highest BCUT2D eigenvalue weighted by atomic mass is 19.1. The summed E-state index contributed by atoms with van der Waals surface area (Å²) in [7, 11) is 1.52. The van der Waals surface area contributed by atoms with Crippen LogP contribution in [0.4, 0.5) is 10.1 Å². The number of aromatic nitrogens is 3. The Morgan fingerprint density at radius 2 is 2.19 bits per heavy atom. The molecule has 2 atom stereocenters. The summed E-state index contributed by atoms with van der Waals surface area (Å²) in [6.45, 7) is 3.29. The standard InChI is InChI=1S/C23H27FN4O4/c1-23(2,24)21-6-4-5-17(25-21)22(30)26-19-9-14-11-28(27-18(14)10-20(19)31-3)15-7-8-16(12-29)32-13-15/h4-6,9-11,15-16,29H,7-8,12-13H2,1-3H3,(H,26,30)/t15-,16-/m1/s1. The highest BCUT2D eigenvalue weighted by Crippen LogP contribution is 2.32. The minimum Gasteiger partial charge on any atom is -0.494 e. The minimum absolute atomic E-state index is 0.0225. The molecular formula is C23H27FN4O4. The number of hydrogen-bond donors (Lipinski definition) is 2. The molecule has 4 rings (SSSR count). The van der Waals surface area contributed by atoms with Crippen molar-refractivity contribution in [2.75, 3.05) is 25.6 Å². The lowest BCUT2D eigenvalue weighted by Crippen LogP contribution is -2.30. The molecule has 1 aliphatic rings. The SMILES string of the molecule is COc1cc2nn([C@@H]3CC[C@H](CO)OC3)cc2cc1NC(=O)c1cccc(C(C)(C)F)n1. The predicted octanol–water partition coefficient (Wildman–Crippen LogP) is 3.61. The number of benzene rings is 1. The van der Waals surface area contributed by atoms with Crippen LogP contribution < -0.4 is 10.1 Å². The first-order valence-electron chi connectivity index (χ1n) is 10.6. The number of fused-ring (bicyclic) bond motifs is 1. The fraction of sp³-hybridized carbons (Fsp3) is 0.435. The van der Waals surface area contributed by atoms with Crippen molar-refractivity contribution in [1.82, 2.24) is 14.8 Å². The van der Waals surface area contributed by atoms with E-state index >= 15 is 0 Å². The molecule has 1 aromatic carbocycles. The van der Waals surface area contributed by atoms with Gasteiger partial charge in [0.15, 0.2) is 0 Å². The summed E-state index contributed by atoms with van der Waals surface area (Å²) in [6.07, 6.45) is 3.41. The molecule has 170 valence electrons. The molecule has 1 fully saturated rings. The van der Waals surface area contributed by atoms with Gasteiger partial charge in [-0.3, -0.25) is 9.48 Å². The van der Waals surface area contributed by atoms with Crippen LogP contribution in [-0.4, -0.2) is 52.2 Å². The van der Waals surface area contributed by atoms with E-state index in [-0.39, 0.29) is 30.1 Å². The number of carbonyl (C=O) groups excluding carboxylic acids is 1. The molecule has 0 aliphatic carbocycles. The number of nitrogens with zero attached hydrogens (tertiary/aromatic N) is 3. The number of anilines is 1. The molecule has 2 aromatic heterocycles. The van der Waals surface area contributed by atoms with Crippen LogP contribution >= 0.6 is 0 Å². The van der Waals surface area contributed by atoms with Gasteiger partial charge in [-0.15, -0.1) is 0 Å². The van der Waals surface area contributed by atoms with Gasteiger partial charge in [0.05, 0.1) is 49.4 Å². The van der Waals surface area contributed by atoms with E-state index in [4.69, 9.17) is 9.47 Å². The van der Waals surface area contributed by atoms with E-state index in [0.717, 1.165) is 23.7 Å². The minimum atomic E-state index is -1.65. The van der Waals surface area contributed by atoms with Crippen molar-refractivity contribution >= 4 is 22.5 Å². The maximum atomic E-state index is 14.2. The number of methoxy groups -OCH3 is 1. The average molecular weight is 442 g/mol. The number of amides is 1. The molecule has 0 radical (unpaired) electrons. The summed E-state index contributed by atoms with van der Waals surface area (Å²) in [5, 5.41) is 17.5. The van der Waals surface area contributed by atoms with Gasteiger partial charge in [0, 0.05) is 17.6 Å². The van der Waals surface area contributed by atoms with Crippen molar-refractivity contribution in [2.45, 2.75) is 44.5 Å². The number of carbonyl (C=O) groups is 1. The fourth-order valence-corrected chi connectivity index (χ4v) is 3.75. The molecule has 3 aromatic rings. The Balaban J connectivity index is 1.58. The smallest absolute Gasteiger partial charge is 0.274 e. The summed E-state index contributed by atoms with van der Waals surface area (Å²) >= 11 is 0. The topological polar surface area (TPSA) is 98.5 Å². The first kappa shape index (κ1) is 22.2. The molecule has 0 unspecified atom stereocenters. The summed E-state index contributed by atoms with van der Waals surface area (Å²) < 4.78 is 27.2. The molecule has 3 heterocycles. The molecule has 1 aliphatic heterocycles. The summed E-state index contributed by atoms with van der Waals surface area (Å²) in [5.74, 6) is -0.00446. The number of nitrogens with one attached hydrogen (secondary N) is 1. The molecule has 0 spiro atoms. The predicted molar refractivity (Wildman–Crippen MR) is 118 cm³/mol. The van der Waals surface area contributed by atoms with Gasteiger partial charge in [0.1, 0.15) is 17.1 Å². The molecular weight excluding hydrogens is 415 g/mol. The van der Waals surface area contributed by atoms with Crippen molar-refractivity contribution in [3.05, 3.63) is 47.9 Å². The van der Waals surface area contributed by atoms with Crippen LogP contribution in [0.25, 0.3) is 10.9 Å². The Kier molecular flexibility index (Phi) is 6.12. The van der Waals surface area contributed by atoms with Crippen molar-refractivity contribution in [3.63, 3.8) is 0 Å². The van der Waals surface area contributed by atoms with Crippen LogP contribution in [0.5, 0.6) is 5.75 Å². The maximum Gasteiger partial charge on any atom is 0.274 e. The Labute approximate surface area is 185 Å². The number of pyridine rings is 1. The van der Waals surface area contributed by atoms with Crippen molar-refractivity contribution in [3.8, 4) is 5.75 Å². The van der Waals surface area contributed by atoms with Crippen LogP contribution in [0.15, 0.2) is 36.5 Å². The van der Waals surface area contributed by atoms with Crippen molar-refractivity contribution < 1.29 is 23.8 Å². The molecule has 0 saturated carbocycles. The van der Waals surface area contributed by atoms with Crippen LogP contribution in [0.1, 0.15) is 48.9 Å². The Bertz CT molecular complexity index is 1120. The van der Waals surface area contributed by atoms with Crippen LogP contribution in [0.2, 0.25) is 0 Å². The number of halogens is 1. The quantitative estimate of drug-likeness (QED) is 0.605. The number of hydrogen-bond acceptors (Lipinski definition) is 6. The second-order valence-corrected chi connectivity index (χ2v) is 8.42. The van der Waals surface area contributed by atoms with E-state index in [9.17, 15) is 14.3 Å². The van der Waals surface area contributed by atoms with Gasteiger partial charge in [-0.25, -0.2) is 9.37 Å². The largest absolute Gasteiger partial charge is 0.494 e. The maximum absolute atomic E-state index is 14.2. The lowest BCUT2D eigenvalue weighted by Gasteiger charge is -2.27. The molecule has 9 heteroatoms. The van der Waals surface area contributed by atoms with Crippen LogP contribution in [-0.2, 0) is 10.4 Å². The number of ether oxygens (including phenoxy) is 2. The van der Waals surface area contributed by atoms with Crippen molar-refractivity contribution in [2.24, 2.45) is 0 Å². The van der Waals surface area contributed by atoms with Gasteiger partial charge >= 0.3 is 0 Å². The normalized spacial score (nSPS) is 19.2. The monoisotopic (exact) mass is 442 g/mol. The average Bonchev–Trinajstić information content (AvgIpc) is 3.21. The second-order valence-electron chi connectivity index (χ2n) is 8.42. The van der Waals surface area contributed by atoms with Gasteiger partial charge in [0.2, 0.25) is 0 Å². The number of aliphatic hydroxyl groups excluding tert-OH is 1. The van der Waals surface area contributed by atoms with Gasteiger partial charge in [0.25, 0.3) is 5.91 Å². The summed E-state index contributed by atoms with van der Waals surface area (Å²) in [6, 6.07) is 8.32. The Morgan fingerprint density at radius 1 is 1.38 bits per heavy atom. The molecule has 0 bridgehead atoms. The van der Waals surface area contributed by atoms with E-state index in [1.54, 1.807) is 24.3 Å². The summed E-state index contributed by atoms with van der Waals surface area (Å²) in [5.41, 5.74) is -0.155. The molecule has 32 heavy (non-hydrogen) atoms. The zero-order valence-corrected chi connectivity index (χ0v) is 18.3. The Hall–Kier alpha value is -3.04. The van der Waals surface area contributed by atoms with E-state index in [1.165, 1.54) is 27.0 Å². The fourth-order valence-electron chi connectivity index (χ4n) is 3.75. The number of rotatable bonds is 6. The first-order chi connectivity index (χ1) is 15.3. The first-order valence-corrected chi connectivity index (χ1v) is 10.6. The van der Waals surface area contributed by atoms with Gasteiger partial charge in [-0.1, -0.05) is 6.07 Å². The highest BCUT2D eigenvalue weighted by Gasteiger charge is 2.24. The van der Waals surface area contributed by atoms with E-state index in [2.05, 4.69) is 15.4 Å². The van der Waals surface area contributed by atoms with Crippen molar-refractivity contribution in [1.29, 1.82) is 0 Å². The molecule has 2 N–H and O–H groups in total. The third-order valence-corrected chi connectivity index (χ3v) is 5.61. The third-order valence-electron chi connectivity index (χ3n) is 5.61. The van der Waals surface area contributed by atoms with Crippen LogP contribution in [0, 0.1) is 0 Å². The van der Waals surface area contributed by atoms with E-state index in [0.29, 0.717) is 18.0 Å². The van der Waals surface area contributed by atoms with Gasteiger partial charge in [-0.2, -0.15) is 5.10 Å². The molecule has 8 nitrogen and oxygen atoms in total. The van der Waals surface area contributed by atoms with Gasteiger partial charge < -0.3 is 19.9 Å². The lowest BCUT2D eigenvalue weighted by molar-refractivity contribution is -0.0410. The van der Waals surface area contributed by atoms with Gasteiger partial charge in [-0.05, 0) is 44.9 Å². The third kappa shape index (κ3) is 4.58. The second kappa shape index (κ2) is 8.84. The Morgan fingerprint density at radius 3 is 2.84 bits per heavy atom. The zero-order chi connectivity index (χ0) is 22.9. The number of aliphatic hydroxyl groups is 1. The lowest BCUT2D eigenvalue weighted by atomic mass is 10.1. The highest BCUT2D eigenvalue weighted by molar-refractivity contribution is 6.05. The molecule has 1 saturated heterocycles. The van der Waals surface area contributed by atoms with Crippen LogP contribution in [0.3, 0.4) is 0 Å². The zero-order valence-electron chi connectivity index (χ0n) is 18.3.